The van der Waals surface area contributed by atoms with Gasteiger partial charge in [-0.3, -0.25) is 4.68 Å². The summed E-state index contributed by atoms with van der Waals surface area (Å²) in [5.41, 5.74) is 0.799. The number of carbonyl (C=O) groups excluding carboxylic acids is 2. The number of nitrogens with zero attached hydrogens (tertiary/aromatic N) is 3. The molecule has 2 fully saturated rings. The first kappa shape index (κ1) is 17.8. The van der Waals surface area contributed by atoms with E-state index in [0.29, 0.717) is 24.6 Å². The zero-order valence-electron chi connectivity index (χ0n) is 15.6. The molecular weight excluding hydrogens is 322 g/mol. The van der Waals surface area contributed by atoms with Crippen molar-refractivity contribution < 1.29 is 19.1 Å². The van der Waals surface area contributed by atoms with Gasteiger partial charge >= 0.3 is 12.1 Å². The number of rotatable bonds is 2. The number of ether oxygens (including phenoxy) is 2. The van der Waals surface area contributed by atoms with Crippen LogP contribution >= 0.6 is 0 Å². The van der Waals surface area contributed by atoms with Crippen LogP contribution in [0.1, 0.15) is 49.7 Å². The number of amides is 1. The molecule has 1 amide bonds. The molecule has 3 atom stereocenters. The summed E-state index contributed by atoms with van der Waals surface area (Å²) < 4.78 is 12.9. The molecule has 1 saturated heterocycles. The van der Waals surface area contributed by atoms with Crippen molar-refractivity contribution in [1.82, 2.24) is 14.7 Å². The molecule has 1 aromatic rings. The highest BCUT2D eigenvalue weighted by atomic mass is 16.6. The average Bonchev–Trinajstić information content (AvgIpc) is 3.15. The van der Waals surface area contributed by atoms with E-state index < -0.39 is 5.60 Å². The van der Waals surface area contributed by atoms with Gasteiger partial charge in [0.05, 0.1) is 6.20 Å². The van der Waals surface area contributed by atoms with E-state index in [9.17, 15) is 9.59 Å². The van der Waals surface area contributed by atoms with Gasteiger partial charge in [0.15, 0.2) is 0 Å². The Morgan fingerprint density at radius 1 is 1.24 bits per heavy atom. The second-order valence-corrected chi connectivity index (χ2v) is 8.10. The maximum absolute atomic E-state index is 12.4. The van der Waals surface area contributed by atoms with E-state index in [2.05, 4.69) is 5.10 Å². The Bertz CT molecular complexity index is 676. The van der Waals surface area contributed by atoms with Crippen molar-refractivity contribution in [1.29, 1.82) is 0 Å². The summed E-state index contributed by atoms with van der Waals surface area (Å²) in [4.78, 5) is 26.5. The average molecular weight is 349 g/mol. The molecule has 138 valence electrons. The molecule has 1 aliphatic heterocycles. The first-order valence-electron chi connectivity index (χ1n) is 8.83. The third-order valence-electron chi connectivity index (χ3n) is 5.16. The van der Waals surface area contributed by atoms with Gasteiger partial charge in [-0.05, 0) is 46.5 Å². The van der Waals surface area contributed by atoms with Crippen molar-refractivity contribution in [2.24, 2.45) is 18.9 Å². The lowest BCUT2D eigenvalue weighted by molar-refractivity contribution is 0.0153. The van der Waals surface area contributed by atoms with Crippen molar-refractivity contribution >= 4 is 12.1 Å². The molecule has 1 aliphatic carbocycles. The van der Waals surface area contributed by atoms with E-state index in [-0.39, 0.29) is 24.1 Å². The number of hydrogen-bond donors (Lipinski definition) is 0. The van der Waals surface area contributed by atoms with Gasteiger partial charge in [-0.1, -0.05) is 0 Å². The highest BCUT2D eigenvalue weighted by Gasteiger charge is 2.46. The number of aryl methyl sites for hydroxylation is 1. The van der Waals surface area contributed by atoms with Gasteiger partial charge in [0, 0.05) is 31.7 Å². The molecule has 3 unspecified atom stereocenters. The van der Waals surface area contributed by atoms with Crippen LogP contribution in [0.3, 0.4) is 0 Å². The molecule has 0 bridgehead atoms. The van der Waals surface area contributed by atoms with E-state index >= 15 is 0 Å². The molecule has 7 heteroatoms. The SMILES string of the molecule is Cc1c(C(=O)OC2CCC3CN(C(=O)OC(C)(C)C)CC32)cnn1C. The van der Waals surface area contributed by atoms with E-state index in [1.165, 1.54) is 0 Å². The van der Waals surface area contributed by atoms with Gasteiger partial charge in [0.1, 0.15) is 17.3 Å². The van der Waals surface area contributed by atoms with Gasteiger partial charge in [0.25, 0.3) is 0 Å². The van der Waals surface area contributed by atoms with Crippen molar-refractivity contribution in [3.63, 3.8) is 0 Å². The van der Waals surface area contributed by atoms with Crippen LogP contribution in [0, 0.1) is 18.8 Å². The molecule has 2 heterocycles. The Morgan fingerprint density at radius 3 is 2.56 bits per heavy atom. The predicted octanol–water partition coefficient (Wildman–Crippen LogP) is 2.53. The number of carbonyl (C=O) groups is 2. The quantitative estimate of drug-likeness (QED) is 0.767. The normalized spacial score (nSPS) is 25.8. The lowest BCUT2D eigenvalue weighted by atomic mass is 9.99. The van der Waals surface area contributed by atoms with Crippen LogP contribution < -0.4 is 0 Å². The molecular formula is C18H27N3O4. The number of fused-ring (bicyclic) bond motifs is 1. The van der Waals surface area contributed by atoms with Gasteiger partial charge in [-0.15, -0.1) is 0 Å². The fourth-order valence-corrected chi connectivity index (χ4v) is 3.74. The van der Waals surface area contributed by atoms with Crippen molar-refractivity contribution in [2.75, 3.05) is 13.1 Å². The van der Waals surface area contributed by atoms with Crippen molar-refractivity contribution in [3.05, 3.63) is 17.5 Å². The molecule has 25 heavy (non-hydrogen) atoms. The Balaban J connectivity index is 1.61. The number of likely N-dealkylation sites (tertiary alicyclic amines) is 1. The van der Waals surface area contributed by atoms with E-state index in [1.807, 2.05) is 27.7 Å². The standard InChI is InChI=1S/C18H27N3O4/c1-11-13(8-19-20(11)5)16(22)24-15-7-6-12-9-21(10-14(12)15)17(23)25-18(2,3)4/h8,12,14-15H,6-7,9-10H2,1-5H3. The Kier molecular flexibility index (Phi) is 4.51. The summed E-state index contributed by atoms with van der Waals surface area (Å²) in [7, 11) is 1.80. The third kappa shape index (κ3) is 3.65. The summed E-state index contributed by atoms with van der Waals surface area (Å²) in [5, 5.41) is 4.09. The third-order valence-corrected chi connectivity index (χ3v) is 5.16. The molecule has 7 nitrogen and oxygen atoms in total. The van der Waals surface area contributed by atoms with Crippen molar-refractivity contribution in [3.8, 4) is 0 Å². The van der Waals surface area contributed by atoms with Crippen molar-refractivity contribution in [2.45, 2.75) is 52.2 Å². The minimum Gasteiger partial charge on any atom is -0.458 e. The zero-order valence-corrected chi connectivity index (χ0v) is 15.6. The second-order valence-electron chi connectivity index (χ2n) is 8.10. The van der Waals surface area contributed by atoms with E-state index in [0.717, 1.165) is 18.5 Å². The highest BCUT2D eigenvalue weighted by Crippen LogP contribution is 2.40. The van der Waals surface area contributed by atoms with Gasteiger partial charge in [0.2, 0.25) is 0 Å². The van der Waals surface area contributed by atoms with Crippen LogP contribution in [0.4, 0.5) is 4.79 Å². The smallest absolute Gasteiger partial charge is 0.410 e. The molecule has 0 spiro atoms. The lowest BCUT2D eigenvalue weighted by Gasteiger charge is -2.25. The van der Waals surface area contributed by atoms with E-state index in [4.69, 9.17) is 9.47 Å². The fourth-order valence-electron chi connectivity index (χ4n) is 3.74. The second kappa shape index (κ2) is 6.35. The summed E-state index contributed by atoms with van der Waals surface area (Å²) in [6, 6.07) is 0. The zero-order chi connectivity index (χ0) is 18.4. The largest absolute Gasteiger partial charge is 0.458 e. The van der Waals surface area contributed by atoms with Crippen LogP contribution in [0.2, 0.25) is 0 Å². The van der Waals surface area contributed by atoms with Gasteiger partial charge in [-0.25, -0.2) is 9.59 Å². The van der Waals surface area contributed by atoms with Crippen LogP contribution in [-0.2, 0) is 16.5 Å². The molecule has 0 aromatic carbocycles. The maximum Gasteiger partial charge on any atom is 0.410 e. The van der Waals surface area contributed by atoms with Crippen LogP contribution in [0.15, 0.2) is 6.20 Å². The highest BCUT2D eigenvalue weighted by molar-refractivity contribution is 5.90. The summed E-state index contributed by atoms with van der Waals surface area (Å²) >= 11 is 0. The number of aromatic nitrogens is 2. The Labute approximate surface area is 148 Å². The lowest BCUT2D eigenvalue weighted by Crippen LogP contribution is -2.37. The van der Waals surface area contributed by atoms with Crippen LogP contribution in [-0.4, -0.2) is 51.5 Å². The minimum atomic E-state index is -0.502. The number of esters is 1. The molecule has 1 aromatic heterocycles. The fraction of sp³-hybridized carbons (Fsp3) is 0.722. The molecule has 0 N–H and O–H groups in total. The molecule has 1 saturated carbocycles. The monoisotopic (exact) mass is 349 g/mol. The van der Waals surface area contributed by atoms with E-state index in [1.54, 1.807) is 22.8 Å². The number of hydrogen-bond acceptors (Lipinski definition) is 5. The van der Waals surface area contributed by atoms with Gasteiger partial charge in [-0.2, -0.15) is 5.10 Å². The molecule has 0 radical (unpaired) electrons. The van der Waals surface area contributed by atoms with Gasteiger partial charge < -0.3 is 14.4 Å². The Hall–Kier alpha value is -2.05. The molecule has 2 aliphatic rings. The Morgan fingerprint density at radius 2 is 1.96 bits per heavy atom. The summed E-state index contributed by atoms with van der Waals surface area (Å²) in [6.45, 7) is 8.71. The summed E-state index contributed by atoms with van der Waals surface area (Å²) in [6.07, 6.45) is 2.93. The summed E-state index contributed by atoms with van der Waals surface area (Å²) in [5.74, 6) is 0.237. The topological polar surface area (TPSA) is 73.7 Å². The maximum atomic E-state index is 12.4. The molecule has 3 rings (SSSR count). The minimum absolute atomic E-state index is 0.149. The van der Waals surface area contributed by atoms with Crippen LogP contribution in [0.25, 0.3) is 0 Å². The first-order valence-corrected chi connectivity index (χ1v) is 8.83. The first-order chi connectivity index (χ1) is 11.7. The van der Waals surface area contributed by atoms with Crippen LogP contribution in [0.5, 0.6) is 0 Å². The predicted molar refractivity (Wildman–Crippen MR) is 91.2 cm³/mol.